The van der Waals surface area contributed by atoms with Crippen LogP contribution in [0.25, 0.3) is 27.6 Å². The van der Waals surface area contributed by atoms with E-state index in [0.29, 0.717) is 34.9 Å². The van der Waals surface area contributed by atoms with Crippen LogP contribution in [-0.2, 0) is 13.6 Å². The lowest BCUT2D eigenvalue weighted by molar-refractivity contribution is 0.415. The van der Waals surface area contributed by atoms with Crippen molar-refractivity contribution in [2.45, 2.75) is 33.7 Å². The van der Waals surface area contributed by atoms with E-state index in [-0.39, 0.29) is 11.2 Å². The molecule has 0 aliphatic carbocycles. The molecule has 0 saturated heterocycles. The van der Waals surface area contributed by atoms with Gasteiger partial charge >= 0.3 is 5.69 Å². The van der Waals surface area contributed by atoms with E-state index < -0.39 is 0 Å². The maximum Gasteiger partial charge on any atom is 0.336 e. The van der Waals surface area contributed by atoms with E-state index >= 15 is 0 Å². The molecule has 2 aromatic carbocycles. The zero-order valence-electron chi connectivity index (χ0n) is 18.1. The molecule has 0 unspecified atom stereocenters. The first kappa shape index (κ1) is 20.0. The van der Waals surface area contributed by atoms with E-state index in [4.69, 9.17) is 4.74 Å². The lowest BCUT2D eigenvalue weighted by atomic mass is 10.1. The minimum absolute atomic E-state index is 0.308. The standard InChI is InChI=1S/C24H27N3O3/c1-15(2)12-13-26-21-19-14-18(30-5)10-11-20(19)25(4)22(21)23(28)27(24(26)29)17-8-6-16(3)7-9-17/h6-11,14-15H,12-13H2,1-5H3. The van der Waals surface area contributed by atoms with Gasteiger partial charge in [0.1, 0.15) is 11.3 Å². The molecule has 2 aromatic heterocycles. The lowest BCUT2D eigenvalue weighted by Crippen LogP contribution is -2.39. The number of methoxy groups -OCH3 is 1. The zero-order chi connectivity index (χ0) is 21.6. The first-order valence-electron chi connectivity index (χ1n) is 10.2. The molecular weight excluding hydrogens is 378 g/mol. The van der Waals surface area contributed by atoms with Gasteiger partial charge in [0.15, 0.2) is 0 Å². The van der Waals surface area contributed by atoms with Crippen molar-refractivity contribution in [3.05, 3.63) is 68.9 Å². The van der Waals surface area contributed by atoms with Gasteiger partial charge in [0.2, 0.25) is 0 Å². The largest absolute Gasteiger partial charge is 0.497 e. The zero-order valence-corrected chi connectivity index (χ0v) is 18.1. The van der Waals surface area contributed by atoms with Crippen molar-refractivity contribution >= 4 is 21.9 Å². The SMILES string of the molecule is COc1ccc2c(c1)c1c(c(=O)n(-c3ccc(C)cc3)c(=O)n1CCC(C)C)n2C. The van der Waals surface area contributed by atoms with Crippen molar-refractivity contribution in [3.8, 4) is 11.4 Å². The predicted molar refractivity (Wildman–Crippen MR) is 121 cm³/mol. The van der Waals surface area contributed by atoms with E-state index in [1.807, 2.05) is 61.0 Å². The highest BCUT2D eigenvalue weighted by molar-refractivity contribution is 6.06. The number of hydrogen-bond donors (Lipinski definition) is 0. The Morgan fingerprint density at radius 3 is 2.33 bits per heavy atom. The first-order valence-corrected chi connectivity index (χ1v) is 10.2. The summed E-state index contributed by atoms with van der Waals surface area (Å²) >= 11 is 0. The van der Waals surface area contributed by atoms with Gasteiger partial charge in [-0.05, 0) is 49.6 Å². The molecule has 0 saturated carbocycles. The first-order chi connectivity index (χ1) is 14.3. The molecule has 0 fully saturated rings. The molecule has 156 valence electrons. The average molecular weight is 405 g/mol. The summed E-state index contributed by atoms with van der Waals surface area (Å²) in [6.45, 7) is 6.78. The third-order valence-electron chi connectivity index (χ3n) is 5.70. The molecule has 30 heavy (non-hydrogen) atoms. The quantitative estimate of drug-likeness (QED) is 0.504. The third kappa shape index (κ3) is 3.12. The summed E-state index contributed by atoms with van der Waals surface area (Å²) < 4.78 is 10.3. The van der Waals surface area contributed by atoms with Crippen LogP contribution in [0.4, 0.5) is 0 Å². The Kier molecular flexibility index (Phi) is 5.02. The second-order valence-corrected chi connectivity index (χ2v) is 8.23. The number of ether oxygens (including phenoxy) is 1. The number of aryl methyl sites for hydroxylation is 3. The van der Waals surface area contributed by atoms with Crippen LogP contribution in [0.15, 0.2) is 52.1 Å². The summed E-state index contributed by atoms with van der Waals surface area (Å²) in [6.07, 6.45) is 0.835. The van der Waals surface area contributed by atoms with E-state index in [2.05, 4.69) is 13.8 Å². The molecule has 4 rings (SSSR count). The minimum Gasteiger partial charge on any atom is -0.497 e. The molecule has 0 atom stereocenters. The summed E-state index contributed by atoms with van der Waals surface area (Å²) in [5.41, 5.74) is 3.11. The highest BCUT2D eigenvalue weighted by atomic mass is 16.5. The van der Waals surface area contributed by atoms with Gasteiger partial charge in [0.05, 0.1) is 23.8 Å². The summed E-state index contributed by atoms with van der Waals surface area (Å²) in [4.78, 5) is 27.2. The second-order valence-electron chi connectivity index (χ2n) is 8.23. The van der Waals surface area contributed by atoms with Crippen LogP contribution >= 0.6 is 0 Å². The van der Waals surface area contributed by atoms with Gasteiger partial charge in [-0.25, -0.2) is 9.36 Å². The molecule has 0 bridgehead atoms. The fraction of sp³-hybridized carbons (Fsp3) is 0.333. The van der Waals surface area contributed by atoms with Gasteiger partial charge < -0.3 is 9.30 Å². The third-order valence-corrected chi connectivity index (χ3v) is 5.70. The number of nitrogens with zero attached hydrogens (tertiary/aromatic N) is 3. The Balaban J connectivity index is 2.17. The van der Waals surface area contributed by atoms with Crippen molar-refractivity contribution in [2.24, 2.45) is 13.0 Å². The molecule has 0 aliphatic rings. The van der Waals surface area contributed by atoms with Crippen LogP contribution < -0.4 is 16.0 Å². The summed E-state index contributed by atoms with van der Waals surface area (Å²) in [7, 11) is 3.48. The van der Waals surface area contributed by atoms with Gasteiger partial charge in [0.25, 0.3) is 5.56 Å². The molecule has 0 N–H and O–H groups in total. The number of aromatic nitrogens is 3. The highest BCUT2D eigenvalue weighted by Gasteiger charge is 2.21. The molecule has 0 amide bonds. The normalized spacial score (nSPS) is 11.7. The maximum absolute atomic E-state index is 13.6. The predicted octanol–water partition coefficient (Wildman–Crippen LogP) is 4.01. The number of hydrogen-bond acceptors (Lipinski definition) is 3. The monoisotopic (exact) mass is 405 g/mol. The number of benzene rings is 2. The van der Waals surface area contributed by atoms with Crippen LogP contribution in [0.1, 0.15) is 25.8 Å². The van der Waals surface area contributed by atoms with Crippen molar-refractivity contribution in [3.63, 3.8) is 0 Å². The van der Waals surface area contributed by atoms with Crippen molar-refractivity contribution < 1.29 is 4.74 Å². The van der Waals surface area contributed by atoms with Crippen LogP contribution in [0, 0.1) is 12.8 Å². The number of fused-ring (bicyclic) bond motifs is 3. The van der Waals surface area contributed by atoms with Crippen molar-refractivity contribution in [2.75, 3.05) is 7.11 Å². The van der Waals surface area contributed by atoms with E-state index in [9.17, 15) is 9.59 Å². The summed E-state index contributed by atoms with van der Waals surface area (Å²) in [6, 6.07) is 13.2. The second kappa shape index (κ2) is 7.52. The molecular formula is C24H27N3O3. The molecule has 0 spiro atoms. The fourth-order valence-corrected chi connectivity index (χ4v) is 3.97. The number of rotatable bonds is 5. The Hall–Kier alpha value is -3.28. The van der Waals surface area contributed by atoms with Crippen LogP contribution in [0.5, 0.6) is 5.75 Å². The Labute approximate surface area is 174 Å². The van der Waals surface area contributed by atoms with Gasteiger partial charge in [-0.3, -0.25) is 9.36 Å². The Bertz CT molecular complexity index is 1360. The van der Waals surface area contributed by atoms with Gasteiger partial charge in [0, 0.05) is 19.0 Å². The topological polar surface area (TPSA) is 58.2 Å². The molecule has 2 heterocycles. The molecule has 0 aliphatic heterocycles. The van der Waals surface area contributed by atoms with Crippen LogP contribution in [-0.4, -0.2) is 20.8 Å². The molecule has 0 radical (unpaired) electrons. The van der Waals surface area contributed by atoms with Crippen LogP contribution in [0.2, 0.25) is 0 Å². The maximum atomic E-state index is 13.6. The molecule has 6 nitrogen and oxygen atoms in total. The van der Waals surface area contributed by atoms with Gasteiger partial charge in [-0.1, -0.05) is 31.5 Å². The fourth-order valence-electron chi connectivity index (χ4n) is 3.97. The van der Waals surface area contributed by atoms with Gasteiger partial charge in [-0.15, -0.1) is 0 Å². The van der Waals surface area contributed by atoms with Crippen molar-refractivity contribution in [1.82, 2.24) is 13.7 Å². The van der Waals surface area contributed by atoms with Gasteiger partial charge in [-0.2, -0.15) is 0 Å². The Morgan fingerprint density at radius 2 is 1.70 bits per heavy atom. The summed E-state index contributed by atoms with van der Waals surface area (Å²) in [5.74, 6) is 1.12. The van der Waals surface area contributed by atoms with E-state index in [1.165, 1.54) is 4.57 Å². The smallest absolute Gasteiger partial charge is 0.336 e. The lowest BCUT2D eigenvalue weighted by Gasteiger charge is -2.14. The molecule has 6 heteroatoms. The highest BCUT2D eigenvalue weighted by Crippen LogP contribution is 2.29. The minimum atomic E-state index is -0.313. The average Bonchev–Trinajstić information content (AvgIpc) is 3.01. The van der Waals surface area contributed by atoms with E-state index in [1.54, 1.807) is 11.7 Å². The molecule has 4 aromatic rings. The van der Waals surface area contributed by atoms with E-state index in [0.717, 1.165) is 22.9 Å². The summed E-state index contributed by atoms with van der Waals surface area (Å²) in [5, 5.41) is 0.848. The van der Waals surface area contributed by atoms with Crippen molar-refractivity contribution in [1.29, 1.82) is 0 Å². The van der Waals surface area contributed by atoms with Crippen LogP contribution in [0.3, 0.4) is 0 Å². The Morgan fingerprint density at radius 1 is 1.00 bits per heavy atom.